The van der Waals surface area contributed by atoms with Crippen molar-refractivity contribution in [3.05, 3.63) is 47.0 Å². The second kappa shape index (κ2) is 4.32. The molecule has 0 bridgehead atoms. The van der Waals surface area contributed by atoms with Crippen molar-refractivity contribution < 1.29 is 9.18 Å². The van der Waals surface area contributed by atoms with Crippen molar-refractivity contribution in [3.8, 4) is 0 Å². The molecule has 0 aliphatic carbocycles. The fourth-order valence-corrected chi connectivity index (χ4v) is 1.37. The first-order chi connectivity index (χ1) is 7.68. The summed E-state index contributed by atoms with van der Waals surface area (Å²) < 4.78 is 13.5. The first kappa shape index (κ1) is 10.6. The zero-order chi connectivity index (χ0) is 11.5. The Morgan fingerprint density at radius 2 is 2.31 bits per heavy atom. The molecule has 0 atom stereocenters. The molecule has 1 aromatic heterocycles. The molecule has 2 aromatic rings. The quantitative estimate of drug-likeness (QED) is 0.846. The van der Waals surface area contributed by atoms with Gasteiger partial charge < -0.3 is 5.32 Å². The van der Waals surface area contributed by atoms with Crippen LogP contribution in [-0.4, -0.2) is 16.1 Å². The second-order valence-corrected chi connectivity index (χ2v) is 3.45. The van der Waals surface area contributed by atoms with Crippen molar-refractivity contribution in [2.75, 3.05) is 5.32 Å². The molecule has 0 radical (unpaired) electrons. The smallest absolute Gasteiger partial charge is 0.258 e. The van der Waals surface area contributed by atoms with Crippen LogP contribution in [0.1, 0.15) is 10.4 Å². The maximum atomic E-state index is 13.5. The molecule has 0 spiro atoms. The third-order valence-electron chi connectivity index (χ3n) is 1.95. The molecule has 0 aliphatic rings. The Hall–Kier alpha value is -1.88. The van der Waals surface area contributed by atoms with Gasteiger partial charge in [0.05, 0.1) is 22.5 Å². The third kappa shape index (κ3) is 2.04. The molecule has 6 heteroatoms. The molecule has 2 rings (SSSR count). The maximum Gasteiger partial charge on any atom is 0.258 e. The Morgan fingerprint density at radius 3 is 3.00 bits per heavy atom. The predicted octanol–water partition coefficient (Wildman–Crippen LogP) is 2.45. The van der Waals surface area contributed by atoms with E-state index in [1.165, 1.54) is 30.6 Å². The summed E-state index contributed by atoms with van der Waals surface area (Å²) in [4.78, 5) is 11.6. The number of hydrogen-bond acceptors (Lipinski definition) is 2. The molecular weight excluding hydrogens is 233 g/mol. The van der Waals surface area contributed by atoms with Gasteiger partial charge in [-0.25, -0.2) is 4.39 Å². The Morgan fingerprint density at radius 1 is 1.50 bits per heavy atom. The minimum atomic E-state index is -0.731. The number of carbonyl (C=O) groups excluding carboxylic acids is 1. The summed E-state index contributed by atoms with van der Waals surface area (Å²) in [5, 5.41) is 8.57. The Bertz CT molecular complexity index is 513. The zero-order valence-corrected chi connectivity index (χ0v) is 8.75. The van der Waals surface area contributed by atoms with Crippen LogP contribution < -0.4 is 5.32 Å². The lowest BCUT2D eigenvalue weighted by atomic mass is 10.2. The Labute approximate surface area is 95.4 Å². The Kier molecular flexibility index (Phi) is 2.87. The monoisotopic (exact) mass is 239 g/mol. The number of aromatic amines is 1. The van der Waals surface area contributed by atoms with E-state index in [9.17, 15) is 9.18 Å². The fraction of sp³-hybridized carbons (Fsp3) is 0. The first-order valence-electron chi connectivity index (χ1n) is 4.42. The lowest BCUT2D eigenvalue weighted by Crippen LogP contribution is -2.13. The van der Waals surface area contributed by atoms with Gasteiger partial charge in [0.1, 0.15) is 0 Å². The van der Waals surface area contributed by atoms with Gasteiger partial charge in [0.15, 0.2) is 5.82 Å². The van der Waals surface area contributed by atoms with Gasteiger partial charge in [-0.1, -0.05) is 17.7 Å². The largest absolute Gasteiger partial charge is 0.319 e. The molecule has 82 valence electrons. The average molecular weight is 240 g/mol. The number of hydrogen-bond donors (Lipinski definition) is 2. The molecule has 1 heterocycles. The minimum Gasteiger partial charge on any atom is -0.319 e. The highest BCUT2D eigenvalue weighted by Gasteiger charge is 2.14. The number of aromatic nitrogens is 2. The maximum absolute atomic E-state index is 13.5. The van der Waals surface area contributed by atoms with Gasteiger partial charge in [0.25, 0.3) is 5.91 Å². The van der Waals surface area contributed by atoms with E-state index in [4.69, 9.17) is 11.6 Å². The van der Waals surface area contributed by atoms with E-state index in [-0.39, 0.29) is 10.6 Å². The molecule has 4 nitrogen and oxygen atoms in total. The summed E-state index contributed by atoms with van der Waals surface area (Å²) in [7, 11) is 0. The van der Waals surface area contributed by atoms with E-state index in [0.29, 0.717) is 5.69 Å². The average Bonchev–Trinajstić information content (AvgIpc) is 2.74. The number of nitrogens with one attached hydrogen (secondary N) is 2. The number of anilines is 1. The fourth-order valence-electron chi connectivity index (χ4n) is 1.20. The summed E-state index contributed by atoms with van der Waals surface area (Å²) in [6.45, 7) is 0. The molecule has 2 N–H and O–H groups in total. The van der Waals surface area contributed by atoms with Crippen LogP contribution in [0.15, 0.2) is 30.6 Å². The van der Waals surface area contributed by atoms with Crippen LogP contribution in [0.5, 0.6) is 0 Å². The number of nitrogens with zero attached hydrogens (tertiary/aromatic N) is 1. The van der Waals surface area contributed by atoms with Gasteiger partial charge in [-0.05, 0) is 12.1 Å². The highest BCUT2D eigenvalue weighted by atomic mass is 35.5. The zero-order valence-electron chi connectivity index (χ0n) is 8.00. The number of rotatable bonds is 2. The number of halogens is 2. The van der Waals surface area contributed by atoms with Gasteiger partial charge in [0.2, 0.25) is 0 Å². The molecule has 0 aliphatic heterocycles. The van der Waals surface area contributed by atoms with Crippen LogP contribution in [0.2, 0.25) is 5.02 Å². The van der Waals surface area contributed by atoms with Crippen LogP contribution in [0.4, 0.5) is 10.1 Å². The van der Waals surface area contributed by atoms with Gasteiger partial charge in [-0.2, -0.15) is 5.10 Å². The lowest BCUT2D eigenvalue weighted by Gasteiger charge is -2.04. The van der Waals surface area contributed by atoms with Crippen molar-refractivity contribution in [3.63, 3.8) is 0 Å². The van der Waals surface area contributed by atoms with E-state index in [2.05, 4.69) is 15.5 Å². The van der Waals surface area contributed by atoms with Gasteiger partial charge in [-0.3, -0.25) is 9.89 Å². The minimum absolute atomic E-state index is 0.0835. The predicted molar refractivity (Wildman–Crippen MR) is 58.0 cm³/mol. The highest BCUT2D eigenvalue weighted by Crippen LogP contribution is 2.18. The van der Waals surface area contributed by atoms with Gasteiger partial charge in [-0.15, -0.1) is 0 Å². The van der Waals surface area contributed by atoms with E-state index in [1.807, 2.05) is 0 Å². The van der Waals surface area contributed by atoms with Crippen LogP contribution in [0.25, 0.3) is 0 Å². The van der Waals surface area contributed by atoms with Gasteiger partial charge in [0, 0.05) is 6.20 Å². The van der Waals surface area contributed by atoms with Crippen molar-refractivity contribution in [2.45, 2.75) is 0 Å². The number of H-pyrrole nitrogens is 1. The molecule has 1 aromatic carbocycles. The van der Waals surface area contributed by atoms with Crippen LogP contribution in [0, 0.1) is 5.82 Å². The van der Waals surface area contributed by atoms with Crippen molar-refractivity contribution >= 4 is 23.2 Å². The first-order valence-corrected chi connectivity index (χ1v) is 4.80. The summed E-state index contributed by atoms with van der Waals surface area (Å²) in [5.74, 6) is -1.30. The molecule has 16 heavy (non-hydrogen) atoms. The topological polar surface area (TPSA) is 57.8 Å². The van der Waals surface area contributed by atoms with Crippen LogP contribution in [-0.2, 0) is 0 Å². The highest BCUT2D eigenvalue weighted by molar-refractivity contribution is 6.31. The van der Waals surface area contributed by atoms with E-state index < -0.39 is 11.7 Å². The van der Waals surface area contributed by atoms with Crippen molar-refractivity contribution in [1.29, 1.82) is 0 Å². The number of carbonyl (C=O) groups is 1. The Balaban J connectivity index is 2.24. The second-order valence-electron chi connectivity index (χ2n) is 3.04. The molecule has 0 saturated heterocycles. The normalized spacial score (nSPS) is 10.1. The van der Waals surface area contributed by atoms with E-state index in [1.54, 1.807) is 0 Å². The molecule has 0 saturated carbocycles. The molecule has 0 fully saturated rings. The van der Waals surface area contributed by atoms with Gasteiger partial charge >= 0.3 is 0 Å². The van der Waals surface area contributed by atoms with Crippen LogP contribution >= 0.6 is 11.6 Å². The summed E-state index contributed by atoms with van der Waals surface area (Å²) in [6, 6.07) is 4.25. The molecular formula is C10H7ClFN3O. The SMILES string of the molecule is O=C(Nc1cn[nH]c1)c1cccc(Cl)c1F. The summed E-state index contributed by atoms with van der Waals surface area (Å²) in [5.41, 5.74) is 0.359. The van der Waals surface area contributed by atoms with Crippen molar-refractivity contribution in [2.24, 2.45) is 0 Å². The number of benzene rings is 1. The number of amides is 1. The summed E-state index contributed by atoms with van der Waals surface area (Å²) >= 11 is 5.57. The van der Waals surface area contributed by atoms with E-state index >= 15 is 0 Å². The van der Waals surface area contributed by atoms with Crippen LogP contribution in [0.3, 0.4) is 0 Å². The standard InChI is InChI=1S/C10H7ClFN3O/c11-8-3-1-2-7(9(8)12)10(16)15-6-4-13-14-5-6/h1-5H,(H,13,14)(H,15,16). The lowest BCUT2D eigenvalue weighted by molar-refractivity contribution is 0.102. The summed E-state index contributed by atoms with van der Waals surface area (Å²) in [6.07, 6.45) is 2.90. The third-order valence-corrected chi connectivity index (χ3v) is 2.24. The van der Waals surface area contributed by atoms with E-state index in [0.717, 1.165) is 0 Å². The van der Waals surface area contributed by atoms with Crippen molar-refractivity contribution in [1.82, 2.24) is 10.2 Å². The molecule has 0 unspecified atom stereocenters. The molecule has 1 amide bonds.